The lowest BCUT2D eigenvalue weighted by molar-refractivity contribution is 0.661. The maximum Gasteiger partial charge on any atom is 0.164 e. The summed E-state index contributed by atoms with van der Waals surface area (Å²) in [7, 11) is 0. The van der Waals surface area contributed by atoms with Gasteiger partial charge in [0.15, 0.2) is 17.5 Å². The maximum atomic E-state index is 5.27. The molecule has 0 aliphatic heterocycles. The van der Waals surface area contributed by atoms with Crippen LogP contribution in [-0.4, -0.2) is 19.9 Å². The lowest BCUT2D eigenvalue weighted by Crippen LogP contribution is -2.14. The van der Waals surface area contributed by atoms with Crippen LogP contribution in [0.1, 0.15) is 25.0 Å². The summed E-state index contributed by atoms with van der Waals surface area (Å²) < 4.78 is 0. The Kier molecular flexibility index (Phi) is 6.77. The highest BCUT2D eigenvalue weighted by Gasteiger charge is 2.36. The van der Waals surface area contributed by atoms with E-state index in [1.165, 1.54) is 22.3 Å². The molecule has 8 aromatic rings. The molecule has 4 nitrogen and oxygen atoms in total. The molecule has 0 atom stereocenters. The predicted octanol–water partition coefficient (Wildman–Crippen LogP) is 11.1. The first-order valence-corrected chi connectivity index (χ1v) is 16.7. The minimum Gasteiger partial charge on any atom is -0.248 e. The molecule has 0 spiro atoms. The molecule has 0 saturated heterocycles. The Bertz CT molecular complexity index is 2510. The Morgan fingerprint density at radius 2 is 0.939 bits per heavy atom. The van der Waals surface area contributed by atoms with E-state index in [1.54, 1.807) is 0 Å². The summed E-state index contributed by atoms with van der Waals surface area (Å²) in [5.41, 5.74) is 12.9. The van der Waals surface area contributed by atoms with Gasteiger partial charge in [0.2, 0.25) is 0 Å². The molecule has 2 heterocycles. The fourth-order valence-electron chi connectivity index (χ4n) is 7.17. The maximum absolute atomic E-state index is 5.27. The molecule has 0 saturated carbocycles. The van der Waals surface area contributed by atoms with Crippen molar-refractivity contribution < 1.29 is 0 Å². The summed E-state index contributed by atoms with van der Waals surface area (Å²) in [6, 6.07) is 54.8. The molecule has 1 aliphatic rings. The van der Waals surface area contributed by atoms with Gasteiger partial charge in [0.1, 0.15) is 0 Å². The van der Waals surface area contributed by atoms with Crippen LogP contribution < -0.4 is 0 Å². The number of benzene rings is 6. The van der Waals surface area contributed by atoms with Crippen LogP contribution in [0.4, 0.5) is 0 Å². The number of fused-ring (bicyclic) bond motifs is 4. The molecule has 9 rings (SSSR count). The highest BCUT2D eigenvalue weighted by Crippen LogP contribution is 2.50. The molecule has 232 valence electrons. The monoisotopic (exact) mass is 628 g/mol. The fourth-order valence-corrected chi connectivity index (χ4v) is 7.17. The van der Waals surface area contributed by atoms with E-state index in [2.05, 4.69) is 141 Å². The van der Waals surface area contributed by atoms with Crippen molar-refractivity contribution in [3.8, 4) is 67.7 Å². The Balaban J connectivity index is 1.32. The second kappa shape index (κ2) is 11.5. The van der Waals surface area contributed by atoms with E-state index in [-0.39, 0.29) is 5.41 Å². The Morgan fingerprint density at radius 3 is 1.67 bits per heavy atom. The topological polar surface area (TPSA) is 51.6 Å². The first-order valence-electron chi connectivity index (χ1n) is 16.7. The lowest BCUT2D eigenvalue weighted by Gasteiger charge is -2.22. The zero-order valence-corrected chi connectivity index (χ0v) is 27.3. The van der Waals surface area contributed by atoms with Crippen LogP contribution in [0.25, 0.3) is 78.6 Å². The zero-order valence-electron chi connectivity index (χ0n) is 27.3. The third-order valence-electron chi connectivity index (χ3n) is 9.72. The van der Waals surface area contributed by atoms with Crippen LogP contribution in [0.2, 0.25) is 0 Å². The van der Waals surface area contributed by atoms with Crippen LogP contribution in [0.5, 0.6) is 0 Å². The SMILES string of the molecule is CC1(C)c2ccccc2-c2cc3c(-c4nc(-c5ccccc5)nc(-c5cccc(-c6ccccc6)c5)n4)cc(-c4ccccc4)nc3cc21. The second-order valence-electron chi connectivity index (χ2n) is 13.1. The van der Waals surface area contributed by atoms with Gasteiger partial charge in [-0.15, -0.1) is 0 Å². The predicted molar refractivity (Wildman–Crippen MR) is 200 cm³/mol. The molecule has 0 bridgehead atoms. The molecule has 49 heavy (non-hydrogen) atoms. The van der Waals surface area contributed by atoms with E-state index in [9.17, 15) is 0 Å². The van der Waals surface area contributed by atoms with E-state index in [0.717, 1.165) is 50.0 Å². The first kappa shape index (κ1) is 28.9. The van der Waals surface area contributed by atoms with Gasteiger partial charge < -0.3 is 0 Å². The molecule has 0 N–H and O–H groups in total. The Labute approximate surface area is 285 Å². The van der Waals surface area contributed by atoms with Gasteiger partial charge in [0.05, 0.1) is 11.2 Å². The molecule has 4 heteroatoms. The summed E-state index contributed by atoms with van der Waals surface area (Å²) in [6.45, 7) is 4.61. The van der Waals surface area contributed by atoms with Gasteiger partial charge in [-0.3, -0.25) is 0 Å². The van der Waals surface area contributed by atoms with Crippen molar-refractivity contribution in [1.82, 2.24) is 19.9 Å². The van der Waals surface area contributed by atoms with Gasteiger partial charge in [-0.25, -0.2) is 19.9 Å². The van der Waals surface area contributed by atoms with Gasteiger partial charge in [-0.1, -0.05) is 147 Å². The molecule has 0 unspecified atom stereocenters. The average Bonchev–Trinajstić information content (AvgIpc) is 3.39. The number of hydrogen-bond donors (Lipinski definition) is 0. The smallest absolute Gasteiger partial charge is 0.164 e. The van der Waals surface area contributed by atoms with Crippen molar-refractivity contribution in [1.29, 1.82) is 0 Å². The summed E-state index contributed by atoms with van der Waals surface area (Å²) in [5, 5.41) is 1.01. The highest BCUT2D eigenvalue weighted by atomic mass is 15.0. The van der Waals surface area contributed by atoms with Crippen molar-refractivity contribution in [2.45, 2.75) is 19.3 Å². The van der Waals surface area contributed by atoms with Crippen molar-refractivity contribution in [2.24, 2.45) is 0 Å². The first-order chi connectivity index (χ1) is 24.0. The fraction of sp³-hybridized carbons (Fsp3) is 0.0667. The Morgan fingerprint density at radius 1 is 0.367 bits per heavy atom. The number of rotatable bonds is 5. The summed E-state index contributed by atoms with van der Waals surface area (Å²) in [6.07, 6.45) is 0. The van der Waals surface area contributed by atoms with Gasteiger partial charge in [-0.2, -0.15) is 0 Å². The van der Waals surface area contributed by atoms with Crippen molar-refractivity contribution in [3.63, 3.8) is 0 Å². The van der Waals surface area contributed by atoms with Crippen LogP contribution in [-0.2, 0) is 5.41 Å². The number of pyridine rings is 1. The normalized spacial score (nSPS) is 12.9. The summed E-state index contributed by atoms with van der Waals surface area (Å²) in [5.74, 6) is 1.87. The van der Waals surface area contributed by atoms with E-state index < -0.39 is 0 Å². The van der Waals surface area contributed by atoms with Crippen LogP contribution in [0, 0.1) is 0 Å². The largest absolute Gasteiger partial charge is 0.248 e. The van der Waals surface area contributed by atoms with E-state index in [4.69, 9.17) is 19.9 Å². The van der Waals surface area contributed by atoms with Crippen LogP contribution in [0.3, 0.4) is 0 Å². The lowest BCUT2D eigenvalue weighted by atomic mass is 9.82. The summed E-state index contributed by atoms with van der Waals surface area (Å²) >= 11 is 0. The molecule has 0 radical (unpaired) electrons. The molecule has 0 amide bonds. The number of nitrogens with zero attached hydrogens (tertiary/aromatic N) is 4. The van der Waals surface area contributed by atoms with Gasteiger partial charge in [0, 0.05) is 33.1 Å². The average molecular weight is 629 g/mol. The number of aromatic nitrogens is 4. The second-order valence-corrected chi connectivity index (χ2v) is 13.1. The van der Waals surface area contributed by atoms with Crippen LogP contribution in [0.15, 0.2) is 158 Å². The molecule has 0 fully saturated rings. The molecule has 2 aromatic heterocycles. The number of hydrogen-bond acceptors (Lipinski definition) is 4. The third-order valence-corrected chi connectivity index (χ3v) is 9.72. The molecular formula is C45H32N4. The molecular weight excluding hydrogens is 597 g/mol. The highest BCUT2D eigenvalue weighted by molar-refractivity contribution is 6.00. The standard InChI is InChI=1S/C45H32N4/c1-45(2)38-24-13-12-23-34(38)35-26-36-37(27-40(30-17-8-4-9-18-30)46-41(36)28-39(35)45)44-48-42(31-19-10-5-11-20-31)47-43(49-44)33-22-14-21-32(25-33)29-15-6-3-7-16-29/h3-28H,1-2H3. The minimum atomic E-state index is -0.144. The van der Waals surface area contributed by atoms with Crippen molar-refractivity contribution >= 4 is 10.9 Å². The minimum absolute atomic E-state index is 0.144. The van der Waals surface area contributed by atoms with Crippen molar-refractivity contribution in [3.05, 3.63) is 169 Å². The van der Waals surface area contributed by atoms with E-state index in [1.807, 2.05) is 30.3 Å². The Hall–Kier alpha value is -6.26. The van der Waals surface area contributed by atoms with Gasteiger partial charge in [-0.05, 0) is 57.6 Å². The molecule has 6 aromatic carbocycles. The zero-order chi connectivity index (χ0) is 33.0. The van der Waals surface area contributed by atoms with Gasteiger partial charge >= 0.3 is 0 Å². The van der Waals surface area contributed by atoms with E-state index in [0.29, 0.717) is 17.5 Å². The molecule has 1 aliphatic carbocycles. The van der Waals surface area contributed by atoms with Crippen molar-refractivity contribution in [2.75, 3.05) is 0 Å². The third kappa shape index (κ3) is 5.01. The van der Waals surface area contributed by atoms with Gasteiger partial charge in [0.25, 0.3) is 0 Å². The van der Waals surface area contributed by atoms with Crippen LogP contribution >= 0.6 is 0 Å². The summed E-state index contributed by atoms with van der Waals surface area (Å²) in [4.78, 5) is 20.8. The quantitative estimate of drug-likeness (QED) is 0.190. The van der Waals surface area contributed by atoms with E-state index >= 15 is 0 Å².